The highest BCUT2D eigenvalue weighted by atomic mass is 16.1. The molecule has 0 bridgehead atoms. The molecule has 1 heterocycles. The molecule has 1 saturated heterocycles. The van der Waals surface area contributed by atoms with Crippen LogP contribution in [-0.4, -0.2) is 30.4 Å². The lowest BCUT2D eigenvalue weighted by Gasteiger charge is -2.30. The Kier molecular flexibility index (Phi) is 6.24. The minimum Gasteiger partial charge on any atom is -0.352 e. The molecule has 0 unspecified atom stereocenters. The first-order valence-electron chi connectivity index (χ1n) is 9.34. The Hall–Kier alpha value is -2.13. The lowest BCUT2D eigenvalue weighted by atomic mass is 9.99. The zero-order valence-corrected chi connectivity index (χ0v) is 15.1. The topological polar surface area (TPSA) is 32.3 Å². The zero-order chi connectivity index (χ0) is 17.5. The second-order valence-electron chi connectivity index (χ2n) is 7.17. The van der Waals surface area contributed by atoms with Crippen molar-refractivity contribution in [1.82, 2.24) is 10.2 Å². The maximum atomic E-state index is 12.3. The van der Waals surface area contributed by atoms with Gasteiger partial charge in [0, 0.05) is 25.2 Å². The number of amides is 1. The van der Waals surface area contributed by atoms with Crippen molar-refractivity contribution in [2.24, 2.45) is 5.92 Å². The molecule has 3 rings (SSSR count). The van der Waals surface area contributed by atoms with E-state index < -0.39 is 0 Å². The van der Waals surface area contributed by atoms with Crippen molar-refractivity contribution in [2.45, 2.75) is 32.7 Å². The van der Waals surface area contributed by atoms with Crippen molar-refractivity contribution in [3.05, 3.63) is 71.3 Å². The second kappa shape index (κ2) is 8.82. The molecule has 1 aliphatic heterocycles. The maximum Gasteiger partial charge on any atom is 0.251 e. The predicted molar refractivity (Wildman–Crippen MR) is 103 cm³/mol. The van der Waals surface area contributed by atoms with Gasteiger partial charge in [0.05, 0.1) is 0 Å². The Balaban J connectivity index is 1.47. The van der Waals surface area contributed by atoms with E-state index in [4.69, 9.17) is 0 Å². The van der Waals surface area contributed by atoms with Gasteiger partial charge in [-0.1, -0.05) is 49.4 Å². The molecule has 0 aromatic heterocycles. The molecule has 3 nitrogen and oxygen atoms in total. The van der Waals surface area contributed by atoms with Crippen molar-refractivity contribution in [1.29, 1.82) is 0 Å². The number of likely N-dealkylation sites (tertiary alicyclic amines) is 1. The van der Waals surface area contributed by atoms with E-state index in [1.807, 2.05) is 30.3 Å². The van der Waals surface area contributed by atoms with E-state index in [9.17, 15) is 4.79 Å². The molecule has 132 valence electrons. The van der Waals surface area contributed by atoms with Crippen LogP contribution < -0.4 is 5.32 Å². The van der Waals surface area contributed by atoms with Crippen LogP contribution in [0.5, 0.6) is 0 Å². The highest BCUT2D eigenvalue weighted by Crippen LogP contribution is 2.18. The Bertz CT molecular complexity index is 666. The van der Waals surface area contributed by atoms with E-state index in [-0.39, 0.29) is 5.91 Å². The number of carbonyl (C=O) groups is 1. The summed E-state index contributed by atoms with van der Waals surface area (Å²) in [6.07, 6.45) is 3.50. The minimum absolute atomic E-state index is 0.00840. The number of nitrogens with zero attached hydrogens (tertiary/aromatic N) is 1. The number of rotatable bonds is 6. The third-order valence-electron chi connectivity index (χ3n) is 4.91. The Labute approximate surface area is 151 Å². The molecule has 1 fully saturated rings. The molecule has 1 N–H and O–H groups in total. The standard InChI is InChI=1S/C22H28N2O/c1-18-6-5-15-24(16-18)17-20-9-11-21(12-10-20)22(25)23-14-13-19-7-3-2-4-8-19/h2-4,7-12,18H,5-6,13-17H2,1H3,(H,23,25)/t18-/m0/s1. The van der Waals surface area contributed by atoms with Crippen LogP contribution in [0, 0.1) is 5.92 Å². The quantitative estimate of drug-likeness (QED) is 0.868. The monoisotopic (exact) mass is 336 g/mol. The van der Waals surface area contributed by atoms with Crippen molar-refractivity contribution in [3.63, 3.8) is 0 Å². The Morgan fingerprint density at radius 2 is 1.84 bits per heavy atom. The summed E-state index contributed by atoms with van der Waals surface area (Å²) in [7, 11) is 0. The van der Waals surface area contributed by atoms with Gasteiger partial charge in [-0.05, 0) is 55.0 Å². The summed E-state index contributed by atoms with van der Waals surface area (Å²) in [6, 6.07) is 18.3. The normalized spacial score (nSPS) is 18.0. The third-order valence-corrected chi connectivity index (χ3v) is 4.91. The molecule has 0 aliphatic carbocycles. The van der Waals surface area contributed by atoms with Crippen molar-refractivity contribution < 1.29 is 4.79 Å². The number of piperidine rings is 1. The molecule has 0 spiro atoms. The number of hydrogen-bond donors (Lipinski definition) is 1. The van der Waals surface area contributed by atoms with Crippen LogP contribution in [0.3, 0.4) is 0 Å². The lowest BCUT2D eigenvalue weighted by molar-refractivity contribution is 0.0954. The average molecular weight is 336 g/mol. The predicted octanol–water partition coefficient (Wildman–Crippen LogP) is 3.89. The molecule has 0 radical (unpaired) electrons. The van der Waals surface area contributed by atoms with Crippen LogP contribution in [-0.2, 0) is 13.0 Å². The molecular weight excluding hydrogens is 308 g/mol. The highest BCUT2D eigenvalue weighted by Gasteiger charge is 2.16. The van der Waals surface area contributed by atoms with Crippen LogP contribution in [0.2, 0.25) is 0 Å². The molecule has 0 saturated carbocycles. The molecule has 3 heteroatoms. The summed E-state index contributed by atoms with van der Waals surface area (Å²) < 4.78 is 0. The van der Waals surface area contributed by atoms with E-state index in [1.54, 1.807) is 0 Å². The molecule has 2 aromatic rings. The number of carbonyl (C=O) groups excluding carboxylic acids is 1. The van der Waals surface area contributed by atoms with Gasteiger partial charge in [-0.2, -0.15) is 0 Å². The van der Waals surface area contributed by atoms with Crippen LogP contribution in [0.4, 0.5) is 0 Å². The van der Waals surface area contributed by atoms with E-state index in [0.29, 0.717) is 6.54 Å². The molecule has 1 aliphatic rings. The van der Waals surface area contributed by atoms with Gasteiger partial charge < -0.3 is 5.32 Å². The van der Waals surface area contributed by atoms with Gasteiger partial charge in [0.25, 0.3) is 5.91 Å². The van der Waals surface area contributed by atoms with Gasteiger partial charge in [-0.25, -0.2) is 0 Å². The average Bonchev–Trinajstić information content (AvgIpc) is 2.63. The minimum atomic E-state index is 0.00840. The fraction of sp³-hybridized carbons (Fsp3) is 0.409. The van der Waals surface area contributed by atoms with E-state index >= 15 is 0 Å². The van der Waals surface area contributed by atoms with Gasteiger partial charge in [-0.15, -0.1) is 0 Å². The van der Waals surface area contributed by atoms with E-state index in [0.717, 1.165) is 24.4 Å². The first-order chi connectivity index (χ1) is 12.2. The van der Waals surface area contributed by atoms with E-state index in [2.05, 4.69) is 41.4 Å². The summed E-state index contributed by atoms with van der Waals surface area (Å²) >= 11 is 0. The van der Waals surface area contributed by atoms with Crippen molar-refractivity contribution in [2.75, 3.05) is 19.6 Å². The summed E-state index contributed by atoms with van der Waals surface area (Å²) in [5.41, 5.74) is 3.27. The maximum absolute atomic E-state index is 12.3. The summed E-state index contributed by atoms with van der Waals surface area (Å²) in [4.78, 5) is 14.8. The molecule has 1 amide bonds. The van der Waals surface area contributed by atoms with Crippen molar-refractivity contribution >= 4 is 5.91 Å². The SMILES string of the molecule is C[C@H]1CCCN(Cc2ccc(C(=O)NCCc3ccccc3)cc2)C1. The van der Waals surface area contributed by atoms with Gasteiger partial charge in [0.2, 0.25) is 0 Å². The summed E-state index contributed by atoms with van der Waals surface area (Å²) in [5, 5.41) is 3.00. The molecule has 1 atom stereocenters. The van der Waals surface area contributed by atoms with Gasteiger partial charge in [-0.3, -0.25) is 9.69 Å². The lowest BCUT2D eigenvalue weighted by Crippen LogP contribution is -2.33. The number of nitrogens with one attached hydrogen (secondary N) is 1. The van der Waals surface area contributed by atoms with Crippen LogP contribution in [0.25, 0.3) is 0 Å². The summed E-state index contributed by atoms with van der Waals surface area (Å²) in [6.45, 7) is 6.35. The van der Waals surface area contributed by atoms with Crippen LogP contribution in [0.1, 0.15) is 41.3 Å². The van der Waals surface area contributed by atoms with Gasteiger partial charge in [0.15, 0.2) is 0 Å². The molecule has 25 heavy (non-hydrogen) atoms. The smallest absolute Gasteiger partial charge is 0.251 e. The fourth-order valence-electron chi connectivity index (χ4n) is 3.52. The first kappa shape index (κ1) is 17.7. The first-order valence-corrected chi connectivity index (χ1v) is 9.34. The third kappa shape index (κ3) is 5.43. The number of benzene rings is 2. The van der Waals surface area contributed by atoms with Gasteiger partial charge in [0.1, 0.15) is 0 Å². The van der Waals surface area contributed by atoms with Crippen LogP contribution >= 0.6 is 0 Å². The largest absolute Gasteiger partial charge is 0.352 e. The number of hydrogen-bond acceptors (Lipinski definition) is 2. The van der Waals surface area contributed by atoms with E-state index in [1.165, 1.54) is 37.1 Å². The Morgan fingerprint density at radius 3 is 2.56 bits per heavy atom. The second-order valence-corrected chi connectivity index (χ2v) is 7.17. The molecular formula is C22H28N2O. The van der Waals surface area contributed by atoms with Gasteiger partial charge >= 0.3 is 0 Å². The van der Waals surface area contributed by atoms with Crippen molar-refractivity contribution in [3.8, 4) is 0 Å². The fourth-order valence-corrected chi connectivity index (χ4v) is 3.52. The molecule has 2 aromatic carbocycles. The van der Waals surface area contributed by atoms with Crippen LogP contribution in [0.15, 0.2) is 54.6 Å². The highest BCUT2D eigenvalue weighted by molar-refractivity contribution is 5.94. The Morgan fingerprint density at radius 1 is 1.08 bits per heavy atom. The summed E-state index contributed by atoms with van der Waals surface area (Å²) in [5.74, 6) is 0.803. The zero-order valence-electron chi connectivity index (χ0n) is 15.1.